The first-order chi connectivity index (χ1) is 6.29. The lowest BCUT2D eigenvalue weighted by molar-refractivity contribution is 0.381. The minimum Gasteiger partial charge on any atom is -0.327 e. The third-order valence-corrected chi connectivity index (χ3v) is 2.50. The molecule has 1 nitrogen and oxygen atoms in total. The van der Waals surface area contributed by atoms with Crippen LogP contribution in [0.15, 0.2) is 12.2 Å². The fourth-order valence-corrected chi connectivity index (χ4v) is 1.63. The van der Waals surface area contributed by atoms with Gasteiger partial charge in [-0.15, -0.1) is 12.3 Å². The molecule has 0 fully saturated rings. The van der Waals surface area contributed by atoms with Gasteiger partial charge in [-0.1, -0.05) is 32.4 Å². The summed E-state index contributed by atoms with van der Waals surface area (Å²) in [6.45, 7) is 5.02. The highest BCUT2D eigenvalue weighted by atomic mass is 14.5. The average Bonchev–Trinajstić information content (AvgIpc) is 2.17. The Balaban J connectivity index is 4.17. The van der Waals surface area contributed by atoms with Gasteiger partial charge in [0, 0.05) is 13.0 Å². The third-order valence-electron chi connectivity index (χ3n) is 2.50. The van der Waals surface area contributed by atoms with Crippen LogP contribution in [0.5, 0.6) is 0 Å². The van der Waals surface area contributed by atoms with E-state index in [9.17, 15) is 0 Å². The molecule has 0 aliphatic rings. The highest BCUT2D eigenvalue weighted by molar-refractivity contribution is 4.96. The van der Waals surface area contributed by atoms with Crippen molar-refractivity contribution in [1.29, 1.82) is 0 Å². The van der Waals surface area contributed by atoms with E-state index in [0.29, 0.717) is 18.4 Å². The quantitative estimate of drug-likeness (QED) is 0.492. The van der Waals surface area contributed by atoms with Crippen molar-refractivity contribution >= 4 is 0 Å². The molecule has 0 aliphatic carbocycles. The normalized spacial score (nSPS) is 15.5. The van der Waals surface area contributed by atoms with Crippen molar-refractivity contribution in [3.05, 3.63) is 12.2 Å². The van der Waals surface area contributed by atoms with Gasteiger partial charge < -0.3 is 5.73 Å². The second-order valence-electron chi connectivity index (χ2n) is 3.31. The maximum atomic E-state index is 5.42. The molecule has 0 rings (SSSR count). The summed E-state index contributed by atoms with van der Waals surface area (Å²) in [6, 6.07) is 0. The maximum absolute atomic E-state index is 5.42. The molecule has 0 amide bonds. The predicted molar refractivity (Wildman–Crippen MR) is 59.2 cm³/mol. The smallest absolute Gasteiger partial charge is 0.0120 e. The van der Waals surface area contributed by atoms with E-state index in [4.69, 9.17) is 12.2 Å². The molecule has 13 heavy (non-hydrogen) atoms. The molecule has 0 saturated heterocycles. The Kier molecular flexibility index (Phi) is 7.44. The van der Waals surface area contributed by atoms with Gasteiger partial charge in [-0.25, -0.2) is 0 Å². The second-order valence-corrected chi connectivity index (χ2v) is 3.31. The first kappa shape index (κ1) is 12.3. The Labute approximate surface area is 82.4 Å². The topological polar surface area (TPSA) is 26.0 Å². The summed E-state index contributed by atoms with van der Waals surface area (Å²) >= 11 is 0. The number of allylic oxidation sites excluding steroid dienone is 1. The van der Waals surface area contributed by atoms with Crippen LogP contribution in [0, 0.1) is 24.2 Å². The van der Waals surface area contributed by atoms with Crippen molar-refractivity contribution in [2.45, 2.75) is 33.1 Å². The SMILES string of the molecule is C#CCC(CC)[C@@H](/C=C\CN)CC. The van der Waals surface area contributed by atoms with Crippen LogP contribution in [0.2, 0.25) is 0 Å². The van der Waals surface area contributed by atoms with Crippen LogP contribution in [0.4, 0.5) is 0 Å². The molecule has 0 aromatic rings. The molecule has 0 saturated carbocycles. The van der Waals surface area contributed by atoms with Crippen molar-refractivity contribution in [1.82, 2.24) is 0 Å². The highest BCUT2D eigenvalue weighted by Crippen LogP contribution is 2.23. The summed E-state index contributed by atoms with van der Waals surface area (Å²) in [7, 11) is 0. The van der Waals surface area contributed by atoms with Gasteiger partial charge in [0.25, 0.3) is 0 Å². The number of nitrogens with two attached hydrogens (primary N) is 1. The van der Waals surface area contributed by atoms with Crippen molar-refractivity contribution in [3.8, 4) is 12.3 Å². The molecule has 2 N–H and O–H groups in total. The van der Waals surface area contributed by atoms with Crippen molar-refractivity contribution in [2.75, 3.05) is 6.54 Å². The molecule has 0 aliphatic heterocycles. The zero-order valence-electron chi connectivity index (χ0n) is 8.79. The Morgan fingerprint density at radius 3 is 2.46 bits per heavy atom. The number of terminal acetylenes is 1. The second kappa shape index (κ2) is 7.89. The van der Waals surface area contributed by atoms with Gasteiger partial charge in [0.2, 0.25) is 0 Å². The van der Waals surface area contributed by atoms with Crippen LogP contribution >= 0.6 is 0 Å². The molecular formula is C12H21N. The summed E-state index contributed by atoms with van der Waals surface area (Å²) in [4.78, 5) is 0. The van der Waals surface area contributed by atoms with E-state index < -0.39 is 0 Å². The van der Waals surface area contributed by atoms with E-state index in [0.717, 1.165) is 19.3 Å². The maximum Gasteiger partial charge on any atom is 0.0120 e. The van der Waals surface area contributed by atoms with Crippen molar-refractivity contribution in [3.63, 3.8) is 0 Å². The Morgan fingerprint density at radius 1 is 1.38 bits per heavy atom. The molecule has 2 atom stereocenters. The van der Waals surface area contributed by atoms with Gasteiger partial charge in [-0.3, -0.25) is 0 Å². The van der Waals surface area contributed by atoms with Crippen LogP contribution in [-0.2, 0) is 0 Å². The lowest BCUT2D eigenvalue weighted by Crippen LogP contribution is -2.11. The summed E-state index contributed by atoms with van der Waals surface area (Å²) in [5.41, 5.74) is 5.42. The molecule has 1 unspecified atom stereocenters. The van der Waals surface area contributed by atoms with Crippen molar-refractivity contribution < 1.29 is 0 Å². The van der Waals surface area contributed by atoms with E-state index in [1.165, 1.54) is 0 Å². The Bertz CT molecular complexity index is 176. The van der Waals surface area contributed by atoms with E-state index in [1.807, 2.05) is 6.08 Å². The molecule has 0 spiro atoms. The number of hydrogen-bond acceptors (Lipinski definition) is 1. The van der Waals surface area contributed by atoms with Gasteiger partial charge in [0.05, 0.1) is 0 Å². The van der Waals surface area contributed by atoms with Crippen LogP contribution in [-0.4, -0.2) is 6.54 Å². The van der Waals surface area contributed by atoms with Gasteiger partial charge in [0.15, 0.2) is 0 Å². The lowest BCUT2D eigenvalue weighted by atomic mass is 9.85. The zero-order chi connectivity index (χ0) is 10.1. The third kappa shape index (κ3) is 4.75. The summed E-state index contributed by atoms with van der Waals surface area (Å²) < 4.78 is 0. The van der Waals surface area contributed by atoms with Gasteiger partial charge in [-0.05, 0) is 18.3 Å². The first-order valence-corrected chi connectivity index (χ1v) is 5.10. The molecule has 0 radical (unpaired) electrons. The zero-order valence-corrected chi connectivity index (χ0v) is 8.79. The first-order valence-electron chi connectivity index (χ1n) is 5.10. The predicted octanol–water partition coefficient (Wildman–Crippen LogP) is 2.58. The van der Waals surface area contributed by atoms with E-state index in [1.54, 1.807) is 0 Å². The van der Waals surface area contributed by atoms with E-state index in [2.05, 4.69) is 25.8 Å². The molecule has 0 heterocycles. The molecule has 0 aromatic heterocycles. The molecule has 0 bridgehead atoms. The fraction of sp³-hybridized carbons (Fsp3) is 0.667. The minimum absolute atomic E-state index is 0.601. The molecule has 74 valence electrons. The molecule has 0 aromatic carbocycles. The average molecular weight is 179 g/mol. The van der Waals surface area contributed by atoms with Crippen LogP contribution in [0.1, 0.15) is 33.1 Å². The van der Waals surface area contributed by atoms with E-state index in [-0.39, 0.29) is 0 Å². The largest absolute Gasteiger partial charge is 0.327 e. The van der Waals surface area contributed by atoms with Gasteiger partial charge in [0.1, 0.15) is 0 Å². The lowest BCUT2D eigenvalue weighted by Gasteiger charge is -2.19. The van der Waals surface area contributed by atoms with Gasteiger partial charge in [-0.2, -0.15) is 0 Å². The van der Waals surface area contributed by atoms with Crippen molar-refractivity contribution in [2.24, 2.45) is 17.6 Å². The number of hydrogen-bond donors (Lipinski definition) is 1. The van der Waals surface area contributed by atoms with Crippen LogP contribution in [0.25, 0.3) is 0 Å². The minimum atomic E-state index is 0.601. The number of rotatable bonds is 6. The monoisotopic (exact) mass is 179 g/mol. The Hall–Kier alpha value is -0.740. The van der Waals surface area contributed by atoms with E-state index >= 15 is 0 Å². The Morgan fingerprint density at radius 2 is 2.08 bits per heavy atom. The molecular weight excluding hydrogens is 158 g/mol. The summed E-state index contributed by atoms with van der Waals surface area (Å²) in [6.07, 6.45) is 12.8. The summed E-state index contributed by atoms with van der Waals surface area (Å²) in [5.74, 6) is 3.97. The molecule has 1 heteroatoms. The van der Waals surface area contributed by atoms with Crippen LogP contribution < -0.4 is 5.73 Å². The highest BCUT2D eigenvalue weighted by Gasteiger charge is 2.13. The fourth-order valence-electron chi connectivity index (χ4n) is 1.63. The standard InChI is InChI=1S/C12H21N/c1-4-8-11(5-2)12(6-3)9-7-10-13/h1,7,9,11-12H,5-6,8,10,13H2,2-3H3/b9-7-/t11?,12-/m1/s1. The summed E-state index contributed by atoms with van der Waals surface area (Å²) in [5, 5.41) is 0. The van der Waals surface area contributed by atoms with Gasteiger partial charge >= 0.3 is 0 Å². The van der Waals surface area contributed by atoms with Crippen LogP contribution in [0.3, 0.4) is 0 Å².